The van der Waals surface area contributed by atoms with E-state index in [1.54, 1.807) is 0 Å². The molecule has 2 N–H and O–H groups in total. The fourth-order valence-corrected chi connectivity index (χ4v) is 3.22. The van der Waals surface area contributed by atoms with Gasteiger partial charge in [0, 0.05) is 11.1 Å². The monoisotopic (exact) mass is 352 g/mol. The van der Waals surface area contributed by atoms with Crippen LogP contribution in [0.1, 0.15) is 74.9 Å². The molecule has 0 fully saturated rings. The van der Waals surface area contributed by atoms with E-state index in [2.05, 4.69) is 41.5 Å². The fourth-order valence-electron chi connectivity index (χ4n) is 3.22. The second-order valence-electron chi connectivity index (χ2n) is 9.22. The zero-order valence-electron chi connectivity index (χ0n) is 17.4. The highest BCUT2D eigenvalue weighted by atomic mass is 16.3. The van der Waals surface area contributed by atoms with Crippen LogP contribution in [0.2, 0.25) is 0 Å². The van der Waals surface area contributed by atoms with E-state index in [9.17, 15) is 10.2 Å². The van der Waals surface area contributed by atoms with E-state index in [-0.39, 0.29) is 10.8 Å². The molecule has 2 aromatic carbocycles. The maximum absolute atomic E-state index is 10.8. The number of phenols is 2. The summed E-state index contributed by atoms with van der Waals surface area (Å²) in [5.41, 5.74) is 5.20. The molecule has 2 nitrogen and oxygen atoms in total. The molecule has 0 spiro atoms. The topological polar surface area (TPSA) is 40.5 Å². The number of benzene rings is 2. The van der Waals surface area contributed by atoms with Crippen LogP contribution in [0, 0.1) is 13.8 Å². The van der Waals surface area contributed by atoms with Crippen molar-refractivity contribution in [3.8, 4) is 11.5 Å². The van der Waals surface area contributed by atoms with E-state index in [0.717, 1.165) is 33.4 Å². The highest BCUT2D eigenvalue weighted by Crippen LogP contribution is 2.38. The largest absolute Gasteiger partial charge is 0.507 e. The molecule has 2 heteroatoms. The molecule has 0 aromatic heterocycles. The Balaban J connectivity index is 2.59. The summed E-state index contributed by atoms with van der Waals surface area (Å²) in [6, 6.07) is 8.06. The van der Waals surface area contributed by atoms with Crippen LogP contribution in [0.15, 0.2) is 24.3 Å². The fraction of sp³-hybridized carbons (Fsp3) is 0.417. The molecule has 0 amide bonds. The Labute approximate surface area is 158 Å². The lowest BCUT2D eigenvalue weighted by atomic mass is 9.83. The maximum Gasteiger partial charge on any atom is 0.126 e. The van der Waals surface area contributed by atoms with E-state index in [1.165, 1.54) is 0 Å². The van der Waals surface area contributed by atoms with Crippen molar-refractivity contribution < 1.29 is 10.2 Å². The first-order chi connectivity index (χ1) is 11.8. The number of hydrogen-bond donors (Lipinski definition) is 2. The summed E-state index contributed by atoms with van der Waals surface area (Å²) < 4.78 is 0. The van der Waals surface area contributed by atoms with Gasteiger partial charge in [-0.25, -0.2) is 0 Å². The van der Waals surface area contributed by atoms with Crippen LogP contribution in [-0.2, 0) is 10.8 Å². The average Bonchev–Trinajstić information content (AvgIpc) is 2.46. The predicted molar refractivity (Wildman–Crippen MR) is 112 cm³/mol. The summed E-state index contributed by atoms with van der Waals surface area (Å²) in [5.74, 6) is 0.635. The van der Waals surface area contributed by atoms with E-state index >= 15 is 0 Å². The summed E-state index contributed by atoms with van der Waals surface area (Å²) >= 11 is 0. The molecule has 26 heavy (non-hydrogen) atoms. The lowest BCUT2D eigenvalue weighted by Gasteiger charge is -2.23. The molecular formula is C24H32O2. The lowest BCUT2D eigenvalue weighted by Crippen LogP contribution is -2.12. The Morgan fingerprint density at radius 3 is 1.19 bits per heavy atom. The molecule has 2 rings (SSSR count). The maximum atomic E-state index is 10.8. The Morgan fingerprint density at radius 2 is 0.923 bits per heavy atom. The summed E-state index contributed by atoms with van der Waals surface area (Å²) in [6.45, 7) is 16.5. The van der Waals surface area contributed by atoms with Crippen molar-refractivity contribution in [3.05, 3.63) is 57.6 Å². The van der Waals surface area contributed by atoms with Crippen LogP contribution in [0.25, 0.3) is 12.2 Å². The van der Waals surface area contributed by atoms with Gasteiger partial charge in [0.15, 0.2) is 0 Å². The third kappa shape index (κ3) is 3.95. The van der Waals surface area contributed by atoms with Gasteiger partial charge in [0.25, 0.3) is 0 Å². The van der Waals surface area contributed by atoms with Gasteiger partial charge in [0.05, 0.1) is 0 Å². The molecule has 0 bridgehead atoms. The van der Waals surface area contributed by atoms with Crippen molar-refractivity contribution in [1.82, 2.24) is 0 Å². The third-order valence-electron chi connectivity index (χ3n) is 4.90. The first kappa shape index (κ1) is 20.1. The Hall–Kier alpha value is -2.22. The van der Waals surface area contributed by atoms with E-state index < -0.39 is 0 Å². The van der Waals surface area contributed by atoms with Gasteiger partial charge in [-0.05, 0) is 46.9 Å². The van der Waals surface area contributed by atoms with Gasteiger partial charge in [-0.2, -0.15) is 0 Å². The number of rotatable bonds is 2. The minimum absolute atomic E-state index is 0.134. The zero-order valence-corrected chi connectivity index (χ0v) is 17.4. The van der Waals surface area contributed by atoms with Gasteiger partial charge in [-0.1, -0.05) is 78.0 Å². The second kappa shape index (κ2) is 6.83. The highest BCUT2D eigenvalue weighted by Gasteiger charge is 2.22. The quantitative estimate of drug-likeness (QED) is 0.607. The molecule has 0 saturated heterocycles. The van der Waals surface area contributed by atoms with Crippen molar-refractivity contribution in [3.63, 3.8) is 0 Å². The van der Waals surface area contributed by atoms with Crippen molar-refractivity contribution >= 4 is 12.2 Å². The molecule has 0 unspecified atom stereocenters. The average molecular weight is 353 g/mol. The van der Waals surface area contributed by atoms with Crippen molar-refractivity contribution in [2.75, 3.05) is 0 Å². The number of aryl methyl sites for hydroxylation is 2. The van der Waals surface area contributed by atoms with Crippen LogP contribution in [-0.4, -0.2) is 10.2 Å². The van der Waals surface area contributed by atoms with E-state index in [4.69, 9.17) is 0 Å². The Kier molecular flexibility index (Phi) is 5.28. The normalized spacial score (nSPS) is 12.8. The standard InChI is InChI=1S/C24H32O2/c1-15-9-13-19(23(3,4)5)21(25)17(15)11-12-18-16(2)10-14-20(22(18)26)24(6,7)8/h9-14,25-26H,1-8H3/b12-11+. The van der Waals surface area contributed by atoms with Crippen LogP contribution in [0.3, 0.4) is 0 Å². The molecule has 0 aliphatic heterocycles. The summed E-state index contributed by atoms with van der Waals surface area (Å²) in [7, 11) is 0. The van der Waals surface area contributed by atoms with E-state index in [1.807, 2.05) is 50.3 Å². The molecule has 0 aliphatic carbocycles. The molecule has 0 radical (unpaired) electrons. The minimum Gasteiger partial charge on any atom is -0.507 e. The van der Waals surface area contributed by atoms with Crippen LogP contribution >= 0.6 is 0 Å². The van der Waals surface area contributed by atoms with Crippen LogP contribution in [0.4, 0.5) is 0 Å². The predicted octanol–water partition coefficient (Wildman–Crippen LogP) is 6.48. The molecule has 2 aromatic rings. The smallest absolute Gasteiger partial charge is 0.126 e. The third-order valence-corrected chi connectivity index (χ3v) is 4.90. The SMILES string of the molecule is Cc1ccc(C(C)(C)C)c(O)c1/C=C/c1c(C)ccc(C(C)(C)C)c1O. The van der Waals surface area contributed by atoms with Crippen LogP contribution in [0.5, 0.6) is 11.5 Å². The van der Waals surface area contributed by atoms with E-state index in [0.29, 0.717) is 11.5 Å². The molecule has 0 atom stereocenters. The molecule has 140 valence electrons. The van der Waals surface area contributed by atoms with Gasteiger partial charge in [0.1, 0.15) is 11.5 Å². The van der Waals surface area contributed by atoms with Gasteiger partial charge in [-0.3, -0.25) is 0 Å². The summed E-state index contributed by atoms with van der Waals surface area (Å²) in [5, 5.41) is 21.6. The first-order valence-electron chi connectivity index (χ1n) is 9.18. The van der Waals surface area contributed by atoms with Crippen LogP contribution < -0.4 is 0 Å². The highest BCUT2D eigenvalue weighted by molar-refractivity contribution is 5.79. The number of hydrogen-bond acceptors (Lipinski definition) is 2. The first-order valence-corrected chi connectivity index (χ1v) is 9.18. The minimum atomic E-state index is -0.134. The summed E-state index contributed by atoms with van der Waals surface area (Å²) in [6.07, 6.45) is 3.82. The number of aromatic hydroxyl groups is 2. The summed E-state index contributed by atoms with van der Waals surface area (Å²) in [4.78, 5) is 0. The Morgan fingerprint density at radius 1 is 0.615 bits per heavy atom. The molecule has 0 saturated carbocycles. The number of phenolic OH excluding ortho intramolecular Hbond substituents is 2. The molecular weight excluding hydrogens is 320 g/mol. The molecule has 0 aliphatic rings. The lowest BCUT2D eigenvalue weighted by molar-refractivity contribution is 0.444. The van der Waals surface area contributed by atoms with Gasteiger partial charge < -0.3 is 10.2 Å². The second-order valence-corrected chi connectivity index (χ2v) is 9.22. The Bertz CT molecular complexity index is 772. The van der Waals surface area contributed by atoms with Crippen molar-refractivity contribution in [2.24, 2.45) is 0 Å². The molecule has 0 heterocycles. The van der Waals surface area contributed by atoms with Gasteiger partial charge in [-0.15, -0.1) is 0 Å². The van der Waals surface area contributed by atoms with Crippen molar-refractivity contribution in [2.45, 2.75) is 66.2 Å². The zero-order chi connectivity index (χ0) is 19.9. The van der Waals surface area contributed by atoms with Gasteiger partial charge >= 0.3 is 0 Å². The van der Waals surface area contributed by atoms with Gasteiger partial charge in [0.2, 0.25) is 0 Å². The van der Waals surface area contributed by atoms with Crippen molar-refractivity contribution in [1.29, 1.82) is 0 Å².